The van der Waals surface area contributed by atoms with Crippen molar-refractivity contribution in [2.75, 3.05) is 6.54 Å². The maximum atomic E-state index is 11.6. The minimum atomic E-state index is -0.380. The number of carbonyl (C=O) groups excluding carboxylic acids is 1. The van der Waals surface area contributed by atoms with E-state index in [1.807, 2.05) is 6.92 Å². The van der Waals surface area contributed by atoms with Crippen molar-refractivity contribution >= 4 is 5.91 Å². The Hall–Kier alpha value is -0.570. The molecule has 0 saturated heterocycles. The minimum Gasteiger partial charge on any atom is -0.391 e. The second kappa shape index (κ2) is 3.89. The van der Waals surface area contributed by atoms with Crippen LogP contribution in [0.3, 0.4) is 0 Å². The van der Waals surface area contributed by atoms with Crippen LogP contribution in [0.2, 0.25) is 0 Å². The SMILES string of the molecule is CCC(O)CNC(=O)C1CC2CC2C1. The topological polar surface area (TPSA) is 49.3 Å². The summed E-state index contributed by atoms with van der Waals surface area (Å²) in [5.74, 6) is 2.09. The summed E-state index contributed by atoms with van der Waals surface area (Å²) in [5, 5.41) is 12.1. The molecule has 14 heavy (non-hydrogen) atoms. The summed E-state index contributed by atoms with van der Waals surface area (Å²) in [4.78, 5) is 11.6. The van der Waals surface area contributed by atoms with Gasteiger partial charge in [-0.05, 0) is 37.5 Å². The lowest BCUT2D eigenvalue weighted by molar-refractivity contribution is -0.125. The van der Waals surface area contributed by atoms with Gasteiger partial charge in [0, 0.05) is 12.5 Å². The molecule has 0 bridgehead atoms. The molecule has 0 heterocycles. The normalized spacial score (nSPS) is 36.3. The highest BCUT2D eigenvalue weighted by Gasteiger charge is 2.47. The quantitative estimate of drug-likeness (QED) is 0.704. The van der Waals surface area contributed by atoms with Crippen LogP contribution in [0.5, 0.6) is 0 Å². The van der Waals surface area contributed by atoms with Gasteiger partial charge in [0.15, 0.2) is 0 Å². The Kier molecular flexibility index (Phi) is 2.77. The first-order chi connectivity index (χ1) is 6.70. The number of hydrogen-bond donors (Lipinski definition) is 2. The molecule has 2 aliphatic carbocycles. The third-order valence-electron chi connectivity index (χ3n) is 3.60. The maximum Gasteiger partial charge on any atom is 0.223 e. The second-order valence-electron chi connectivity index (χ2n) is 4.73. The van der Waals surface area contributed by atoms with E-state index in [-0.39, 0.29) is 17.9 Å². The fourth-order valence-electron chi connectivity index (χ4n) is 2.44. The highest BCUT2D eigenvalue weighted by Crippen LogP contribution is 2.54. The summed E-state index contributed by atoms with van der Waals surface area (Å²) in [6, 6.07) is 0. The van der Waals surface area contributed by atoms with Gasteiger partial charge in [-0.2, -0.15) is 0 Å². The molecule has 1 amide bonds. The zero-order valence-electron chi connectivity index (χ0n) is 8.70. The van der Waals surface area contributed by atoms with Crippen molar-refractivity contribution in [1.82, 2.24) is 5.32 Å². The van der Waals surface area contributed by atoms with Gasteiger partial charge in [-0.25, -0.2) is 0 Å². The van der Waals surface area contributed by atoms with E-state index < -0.39 is 0 Å². The molecule has 3 nitrogen and oxygen atoms in total. The lowest BCUT2D eigenvalue weighted by Crippen LogP contribution is -2.35. The van der Waals surface area contributed by atoms with E-state index in [4.69, 9.17) is 0 Å². The van der Waals surface area contributed by atoms with Crippen molar-refractivity contribution in [3.05, 3.63) is 0 Å². The first-order valence-corrected chi connectivity index (χ1v) is 5.66. The number of fused-ring (bicyclic) bond motifs is 1. The van der Waals surface area contributed by atoms with Crippen molar-refractivity contribution in [2.24, 2.45) is 17.8 Å². The molecule has 3 atom stereocenters. The van der Waals surface area contributed by atoms with Gasteiger partial charge >= 0.3 is 0 Å². The van der Waals surface area contributed by atoms with E-state index >= 15 is 0 Å². The number of aliphatic hydroxyl groups is 1. The predicted octanol–water partition coefficient (Wildman–Crippen LogP) is 0.920. The number of amides is 1. The van der Waals surface area contributed by atoms with E-state index in [0.29, 0.717) is 13.0 Å². The highest BCUT2D eigenvalue weighted by atomic mass is 16.3. The first kappa shape index (κ1) is 9.97. The lowest BCUT2D eigenvalue weighted by Gasteiger charge is -2.14. The molecule has 0 spiro atoms. The maximum absolute atomic E-state index is 11.6. The molecule has 2 rings (SSSR count). The molecule has 0 aromatic heterocycles. The van der Waals surface area contributed by atoms with Gasteiger partial charge in [-0.15, -0.1) is 0 Å². The van der Waals surface area contributed by atoms with Crippen molar-refractivity contribution in [2.45, 2.75) is 38.7 Å². The summed E-state index contributed by atoms with van der Waals surface area (Å²) in [7, 11) is 0. The van der Waals surface area contributed by atoms with Crippen LogP contribution in [0.25, 0.3) is 0 Å². The highest BCUT2D eigenvalue weighted by molar-refractivity contribution is 5.79. The molecule has 3 unspecified atom stereocenters. The van der Waals surface area contributed by atoms with Crippen molar-refractivity contribution < 1.29 is 9.90 Å². The van der Waals surface area contributed by atoms with Crippen LogP contribution >= 0.6 is 0 Å². The second-order valence-corrected chi connectivity index (χ2v) is 4.73. The first-order valence-electron chi connectivity index (χ1n) is 5.66. The van der Waals surface area contributed by atoms with Gasteiger partial charge in [-0.1, -0.05) is 6.92 Å². The molecule has 3 heteroatoms. The summed E-state index contributed by atoms with van der Waals surface area (Å²) >= 11 is 0. The fourth-order valence-corrected chi connectivity index (χ4v) is 2.44. The van der Waals surface area contributed by atoms with E-state index in [2.05, 4.69) is 5.32 Å². The molecule has 2 N–H and O–H groups in total. The minimum absolute atomic E-state index is 0.157. The summed E-state index contributed by atoms with van der Waals surface area (Å²) in [6.45, 7) is 2.34. The third kappa shape index (κ3) is 2.08. The fraction of sp³-hybridized carbons (Fsp3) is 0.909. The van der Waals surface area contributed by atoms with Gasteiger partial charge < -0.3 is 10.4 Å². The number of aliphatic hydroxyl groups excluding tert-OH is 1. The molecule has 0 radical (unpaired) electrons. The van der Waals surface area contributed by atoms with Gasteiger partial charge in [0.25, 0.3) is 0 Å². The van der Waals surface area contributed by atoms with Crippen LogP contribution in [-0.2, 0) is 4.79 Å². The Morgan fingerprint density at radius 3 is 2.64 bits per heavy atom. The Labute approximate surface area is 84.9 Å². The van der Waals surface area contributed by atoms with Crippen LogP contribution in [0.4, 0.5) is 0 Å². The van der Waals surface area contributed by atoms with E-state index in [1.165, 1.54) is 6.42 Å². The van der Waals surface area contributed by atoms with E-state index in [9.17, 15) is 9.90 Å². The molecule has 2 saturated carbocycles. The summed E-state index contributed by atoms with van der Waals surface area (Å²) in [6.07, 6.45) is 3.84. The van der Waals surface area contributed by atoms with Crippen LogP contribution in [0.15, 0.2) is 0 Å². The van der Waals surface area contributed by atoms with E-state index in [1.54, 1.807) is 0 Å². The molecule has 0 aromatic carbocycles. The number of rotatable bonds is 4. The Morgan fingerprint density at radius 2 is 2.07 bits per heavy atom. The van der Waals surface area contributed by atoms with E-state index in [0.717, 1.165) is 24.7 Å². The average molecular weight is 197 g/mol. The van der Waals surface area contributed by atoms with Crippen molar-refractivity contribution in [3.63, 3.8) is 0 Å². The Balaban J connectivity index is 1.68. The third-order valence-corrected chi connectivity index (χ3v) is 3.60. The van der Waals surface area contributed by atoms with Gasteiger partial charge in [0.2, 0.25) is 5.91 Å². The Morgan fingerprint density at radius 1 is 1.43 bits per heavy atom. The monoisotopic (exact) mass is 197 g/mol. The predicted molar refractivity (Wildman–Crippen MR) is 53.6 cm³/mol. The Bertz CT molecular complexity index is 219. The van der Waals surface area contributed by atoms with Crippen LogP contribution in [0.1, 0.15) is 32.6 Å². The van der Waals surface area contributed by atoms with Gasteiger partial charge in [0.1, 0.15) is 0 Å². The van der Waals surface area contributed by atoms with Crippen LogP contribution < -0.4 is 5.32 Å². The molecular formula is C11H19NO2. The van der Waals surface area contributed by atoms with Crippen molar-refractivity contribution in [1.29, 1.82) is 0 Å². The lowest BCUT2D eigenvalue weighted by atomic mass is 10.0. The largest absolute Gasteiger partial charge is 0.391 e. The average Bonchev–Trinajstić information content (AvgIpc) is 2.81. The molecule has 0 aliphatic heterocycles. The van der Waals surface area contributed by atoms with Gasteiger partial charge in [0.05, 0.1) is 6.10 Å². The zero-order chi connectivity index (χ0) is 10.1. The smallest absolute Gasteiger partial charge is 0.223 e. The molecule has 2 aliphatic rings. The van der Waals surface area contributed by atoms with Gasteiger partial charge in [-0.3, -0.25) is 4.79 Å². The zero-order valence-corrected chi connectivity index (χ0v) is 8.70. The molecule has 0 aromatic rings. The van der Waals surface area contributed by atoms with Crippen LogP contribution in [-0.4, -0.2) is 23.7 Å². The summed E-state index contributed by atoms with van der Waals surface area (Å²) < 4.78 is 0. The molecular weight excluding hydrogens is 178 g/mol. The number of carbonyl (C=O) groups is 1. The molecule has 2 fully saturated rings. The number of nitrogens with one attached hydrogen (secondary N) is 1. The number of hydrogen-bond acceptors (Lipinski definition) is 2. The summed E-state index contributed by atoms with van der Waals surface area (Å²) in [5.41, 5.74) is 0. The van der Waals surface area contributed by atoms with Crippen molar-refractivity contribution in [3.8, 4) is 0 Å². The van der Waals surface area contributed by atoms with Crippen LogP contribution in [0, 0.1) is 17.8 Å². The standard InChI is InChI=1S/C11H19NO2/c1-2-10(13)6-12-11(14)9-4-7-3-8(7)5-9/h7-10,13H,2-6H2,1H3,(H,12,14). The molecule has 80 valence electrons.